The topological polar surface area (TPSA) is 56.5 Å². The average Bonchev–Trinajstić information content (AvgIpc) is 2.90. The van der Waals surface area contributed by atoms with Crippen molar-refractivity contribution in [3.8, 4) is 5.75 Å². The second-order valence-electron chi connectivity index (χ2n) is 3.46. The summed E-state index contributed by atoms with van der Waals surface area (Å²) in [5, 5.41) is 0. The minimum atomic E-state index is -0.533. The second-order valence-corrected chi connectivity index (χ2v) is 3.46. The Bertz CT molecular complexity index is 567. The number of esters is 1. The van der Waals surface area contributed by atoms with Crippen molar-refractivity contribution in [2.24, 2.45) is 0 Å². The smallest absolute Gasteiger partial charge is 0.336 e. The molecule has 0 aliphatic heterocycles. The van der Waals surface area contributed by atoms with Crippen LogP contribution in [-0.2, 0) is 4.79 Å². The normalized spacial score (nSPS) is 10.4. The van der Waals surface area contributed by atoms with Gasteiger partial charge in [-0.1, -0.05) is 12.1 Å². The van der Waals surface area contributed by atoms with Gasteiger partial charge in [-0.25, -0.2) is 4.79 Å². The van der Waals surface area contributed by atoms with E-state index < -0.39 is 5.97 Å². The molecule has 0 aliphatic carbocycles. The molecule has 2 aromatic rings. The molecule has 0 saturated carbocycles. The molecule has 4 nitrogen and oxygen atoms in total. The fourth-order valence-electron chi connectivity index (χ4n) is 1.34. The highest BCUT2D eigenvalue weighted by Gasteiger charge is 2.01. The van der Waals surface area contributed by atoms with Gasteiger partial charge in [0.25, 0.3) is 0 Å². The van der Waals surface area contributed by atoms with Gasteiger partial charge in [-0.3, -0.25) is 4.79 Å². The quantitative estimate of drug-likeness (QED) is 0.358. The van der Waals surface area contributed by atoms with Crippen molar-refractivity contribution in [3.05, 3.63) is 60.1 Å². The van der Waals surface area contributed by atoms with E-state index >= 15 is 0 Å². The Labute approximate surface area is 103 Å². The van der Waals surface area contributed by atoms with E-state index in [-0.39, 0.29) is 0 Å². The molecule has 0 aliphatic rings. The first-order chi connectivity index (χ1) is 8.78. The first-order valence-electron chi connectivity index (χ1n) is 5.26. The van der Waals surface area contributed by atoms with Crippen LogP contribution in [0.25, 0.3) is 6.08 Å². The Hall–Kier alpha value is -2.62. The summed E-state index contributed by atoms with van der Waals surface area (Å²) < 4.78 is 10.1. The van der Waals surface area contributed by atoms with Gasteiger partial charge in [0.05, 0.1) is 6.26 Å². The lowest BCUT2D eigenvalue weighted by Crippen LogP contribution is -2.03. The zero-order chi connectivity index (χ0) is 12.8. The third-order valence-electron chi connectivity index (χ3n) is 2.14. The van der Waals surface area contributed by atoms with Crippen LogP contribution >= 0.6 is 0 Å². The van der Waals surface area contributed by atoms with Gasteiger partial charge < -0.3 is 9.15 Å². The minimum absolute atomic E-state index is 0.327. The summed E-state index contributed by atoms with van der Waals surface area (Å²) in [6.45, 7) is 0. The van der Waals surface area contributed by atoms with E-state index in [0.29, 0.717) is 23.4 Å². The van der Waals surface area contributed by atoms with Gasteiger partial charge in [-0.2, -0.15) is 0 Å². The maximum Gasteiger partial charge on any atom is 0.336 e. The van der Waals surface area contributed by atoms with Crippen molar-refractivity contribution < 1.29 is 18.7 Å². The number of furan rings is 1. The molecule has 4 heteroatoms. The fourth-order valence-corrected chi connectivity index (χ4v) is 1.34. The Morgan fingerprint density at radius 3 is 2.83 bits per heavy atom. The van der Waals surface area contributed by atoms with Crippen LogP contribution in [0.1, 0.15) is 16.1 Å². The van der Waals surface area contributed by atoms with Gasteiger partial charge in [0.2, 0.25) is 0 Å². The third kappa shape index (κ3) is 3.18. The van der Waals surface area contributed by atoms with Gasteiger partial charge in [0, 0.05) is 11.6 Å². The SMILES string of the molecule is O=Cc1cccc(OC(=O)C=Cc2ccco2)c1. The Morgan fingerprint density at radius 2 is 2.11 bits per heavy atom. The largest absolute Gasteiger partial charge is 0.465 e. The molecule has 90 valence electrons. The highest BCUT2D eigenvalue weighted by Crippen LogP contribution is 2.12. The molecule has 0 radical (unpaired) electrons. The highest BCUT2D eigenvalue weighted by atomic mass is 16.5. The summed E-state index contributed by atoms with van der Waals surface area (Å²) in [5.41, 5.74) is 0.454. The van der Waals surface area contributed by atoms with Crippen LogP contribution in [0.4, 0.5) is 0 Å². The van der Waals surface area contributed by atoms with Gasteiger partial charge in [-0.05, 0) is 30.3 Å². The van der Waals surface area contributed by atoms with Gasteiger partial charge in [0.15, 0.2) is 0 Å². The van der Waals surface area contributed by atoms with Crippen molar-refractivity contribution >= 4 is 18.3 Å². The molecule has 0 saturated heterocycles. The molecule has 0 unspecified atom stereocenters. The summed E-state index contributed by atoms with van der Waals surface area (Å²) in [5.74, 6) is 0.358. The summed E-state index contributed by atoms with van der Waals surface area (Å²) in [6.07, 6.45) is 4.97. The van der Waals surface area contributed by atoms with Crippen LogP contribution in [0.15, 0.2) is 53.2 Å². The molecule has 0 fully saturated rings. The zero-order valence-electron chi connectivity index (χ0n) is 9.41. The van der Waals surface area contributed by atoms with Crippen LogP contribution in [0, 0.1) is 0 Å². The number of carbonyl (C=O) groups excluding carboxylic acids is 2. The lowest BCUT2D eigenvalue weighted by molar-refractivity contribution is -0.128. The lowest BCUT2D eigenvalue weighted by Gasteiger charge is -2.00. The van der Waals surface area contributed by atoms with Crippen molar-refractivity contribution in [1.82, 2.24) is 0 Å². The Kier molecular flexibility index (Phi) is 3.71. The molecule has 2 rings (SSSR count). The highest BCUT2D eigenvalue weighted by molar-refractivity contribution is 5.88. The van der Waals surface area contributed by atoms with Gasteiger partial charge in [0.1, 0.15) is 17.8 Å². The number of carbonyl (C=O) groups is 2. The molecule has 1 heterocycles. The van der Waals surface area contributed by atoms with Crippen molar-refractivity contribution in [3.63, 3.8) is 0 Å². The standard InChI is InChI=1S/C14H10O4/c15-10-11-3-1-4-13(9-11)18-14(16)7-6-12-5-2-8-17-12/h1-10H. The number of benzene rings is 1. The number of rotatable bonds is 4. The molecule has 0 N–H and O–H groups in total. The van der Waals surface area contributed by atoms with Crippen LogP contribution in [0.3, 0.4) is 0 Å². The molecule has 18 heavy (non-hydrogen) atoms. The first-order valence-corrected chi connectivity index (χ1v) is 5.26. The zero-order valence-corrected chi connectivity index (χ0v) is 9.41. The third-order valence-corrected chi connectivity index (χ3v) is 2.14. The summed E-state index contributed by atoms with van der Waals surface area (Å²) in [6, 6.07) is 9.80. The van der Waals surface area contributed by atoms with E-state index in [1.807, 2.05) is 0 Å². The predicted octanol–water partition coefficient (Wildman–Crippen LogP) is 2.71. The van der Waals surface area contributed by atoms with Crippen LogP contribution in [0.2, 0.25) is 0 Å². The molecular weight excluding hydrogens is 232 g/mol. The predicted molar refractivity (Wildman–Crippen MR) is 65.2 cm³/mol. The fraction of sp³-hybridized carbons (Fsp3) is 0. The van der Waals surface area contributed by atoms with Crippen LogP contribution in [-0.4, -0.2) is 12.3 Å². The van der Waals surface area contributed by atoms with Gasteiger partial charge in [-0.15, -0.1) is 0 Å². The summed E-state index contributed by atoms with van der Waals surface area (Å²) in [7, 11) is 0. The van der Waals surface area contributed by atoms with Gasteiger partial charge >= 0.3 is 5.97 Å². The summed E-state index contributed by atoms with van der Waals surface area (Å²) >= 11 is 0. The molecule has 1 aromatic carbocycles. The maximum atomic E-state index is 11.5. The number of hydrogen-bond donors (Lipinski definition) is 0. The minimum Gasteiger partial charge on any atom is -0.465 e. The number of aldehydes is 1. The van der Waals surface area contributed by atoms with Crippen molar-refractivity contribution in [2.75, 3.05) is 0 Å². The van der Waals surface area contributed by atoms with Crippen LogP contribution < -0.4 is 4.74 Å². The number of hydrogen-bond acceptors (Lipinski definition) is 4. The van der Waals surface area contributed by atoms with E-state index in [1.165, 1.54) is 24.5 Å². The molecular formula is C14H10O4. The van der Waals surface area contributed by atoms with E-state index in [0.717, 1.165) is 0 Å². The molecule has 0 atom stereocenters. The molecule has 0 amide bonds. The van der Waals surface area contributed by atoms with Crippen molar-refractivity contribution in [1.29, 1.82) is 0 Å². The Balaban J connectivity index is 2.00. The monoisotopic (exact) mass is 242 g/mol. The van der Waals surface area contributed by atoms with Crippen LogP contribution in [0.5, 0.6) is 5.75 Å². The molecule has 0 bridgehead atoms. The molecule has 1 aromatic heterocycles. The van der Waals surface area contributed by atoms with E-state index in [9.17, 15) is 9.59 Å². The van der Waals surface area contributed by atoms with E-state index in [2.05, 4.69) is 0 Å². The first kappa shape index (κ1) is 11.9. The lowest BCUT2D eigenvalue weighted by atomic mass is 10.2. The van der Waals surface area contributed by atoms with E-state index in [4.69, 9.17) is 9.15 Å². The number of ether oxygens (including phenoxy) is 1. The van der Waals surface area contributed by atoms with E-state index in [1.54, 1.807) is 30.3 Å². The summed E-state index contributed by atoms with van der Waals surface area (Å²) in [4.78, 5) is 22.0. The average molecular weight is 242 g/mol. The maximum absolute atomic E-state index is 11.5. The second kappa shape index (κ2) is 5.63. The Morgan fingerprint density at radius 1 is 1.22 bits per heavy atom. The van der Waals surface area contributed by atoms with Crippen molar-refractivity contribution in [2.45, 2.75) is 0 Å². The molecule has 0 spiro atoms.